The number of aryl methyl sites for hydroxylation is 1. The maximum Gasteiger partial charge on any atom is 0.333 e. The Morgan fingerprint density at radius 3 is 2.35 bits per heavy atom. The van der Waals surface area contributed by atoms with Crippen LogP contribution in [-0.4, -0.2) is 17.5 Å². The van der Waals surface area contributed by atoms with Crippen LogP contribution in [0, 0.1) is 24.7 Å². The van der Waals surface area contributed by atoms with Gasteiger partial charge in [-0.1, -0.05) is 26.0 Å². The van der Waals surface area contributed by atoms with Crippen molar-refractivity contribution in [2.45, 2.75) is 77.4 Å². The molecule has 0 spiro atoms. The van der Waals surface area contributed by atoms with Crippen LogP contribution in [0.2, 0.25) is 0 Å². The summed E-state index contributed by atoms with van der Waals surface area (Å²) in [6.45, 7) is 6.49. The second kappa shape index (κ2) is 9.01. The fraction of sp³-hybridized carbons (Fsp3) is 0.556. The fourth-order valence-electron chi connectivity index (χ4n) is 6.68. The number of nitrogens with one attached hydrogen (secondary N) is 3. The predicted molar refractivity (Wildman–Crippen MR) is 128 cm³/mol. The molecule has 34 heavy (non-hydrogen) atoms. The van der Waals surface area contributed by atoms with Crippen LogP contribution in [0.25, 0.3) is 0 Å². The van der Waals surface area contributed by atoms with E-state index >= 15 is 0 Å². The Bertz CT molecular complexity index is 1040. The Hall–Kier alpha value is -2.96. The molecule has 4 fully saturated rings. The molecule has 1 aromatic carbocycles. The second-order valence-corrected chi connectivity index (χ2v) is 11.0. The van der Waals surface area contributed by atoms with E-state index < -0.39 is 5.91 Å². The molecule has 4 aliphatic carbocycles. The van der Waals surface area contributed by atoms with E-state index in [4.69, 9.17) is 9.15 Å². The zero-order chi connectivity index (χ0) is 23.9. The highest BCUT2D eigenvalue weighted by atomic mass is 16.5. The van der Waals surface area contributed by atoms with Gasteiger partial charge in [-0.2, -0.15) is 0 Å². The van der Waals surface area contributed by atoms with Gasteiger partial charge in [0, 0.05) is 5.54 Å². The average Bonchev–Trinajstić information content (AvgIpc) is 3.24. The largest absolute Gasteiger partial charge is 0.485 e. The summed E-state index contributed by atoms with van der Waals surface area (Å²) < 4.78 is 11.6. The molecule has 1 heterocycles. The Labute approximate surface area is 201 Å². The van der Waals surface area contributed by atoms with E-state index in [9.17, 15) is 9.59 Å². The Kier molecular flexibility index (Phi) is 6.04. The first-order valence-corrected chi connectivity index (χ1v) is 12.5. The third-order valence-corrected chi connectivity index (χ3v) is 7.75. The minimum atomic E-state index is -0.495. The number of hydrazine groups is 1. The molecule has 4 bridgehead atoms. The molecule has 0 saturated heterocycles. The molecule has 0 atom stereocenters. The molecular formula is C27H35N3O4. The van der Waals surface area contributed by atoms with Crippen molar-refractivity contribution in [1.82, 2.24) is 16.2 Å². The van der Waals surface area contributed by atoms with E-state index in [1.807, 2.05) is 13.0 Å². The van der Waals surface area contributed by atoms with Crippen LogP contribution in [-0.2, 0) is 6.61 Å². The normalized spacial score (nSPS) is 27.0. The van der Waals surface area contributed by atoms with Gasteiger partial charge >= 0.3 is 11.9 Å². The highest BCUT2D eigenvalue weighted by Gasteiger charge is 2.51. The second-order valence-electron chi connectivity index (χ2n) is 11.0. The number of furan rings is 1. The monoisotopic (exact) mass is 465 g/mol. The van der Waals surface area contributed by atoms with Gasteiger partial charge in [-0.3, -0.25) is 10.2 Å². The van der Waals surface area contributed by atoms with Crippen LogP contribution in [0.1, 0.15) is 85.7 Å². The number of carbonyl (C=O) groups excluding carboxylic acids is 2. The van der Waals surface area contributed by atoms with Gasteiger partial charge in [0.1, 0.15) is 18.1 Å². The van der Waals surface area contributed by atoms with Crippen molar-refractivity contribution in [3.05, 3.63) is 53.0 Å². The number of rotatable bonds is 6. The first-order valence-electron chi connectivity index (χ1n) is 12.5. The van der Waals surface area contributed by atoms with Crippen molar-refractivity contribution < 1.29 is 18.7 Å². The van der Waals surface area contributed by atoms with Crippen molar-refractivity contribution in [1.29, 1.82) is 0 Å². The van der Waals surface area contributed by atoms with Crippen LogP contribution < -0.4 is 20.9 Å². The summed E-state index contributed by atoms with van der Waals surface area (Å²) in [6.07, 6.45) is 7.11. The lowest BCUT2D eigenvalue weighted by Gasteiger charge is -2.56. The molecule has 0 aliphatic heterocycles. The maximum atomic E-state index is 12.6. The molecule has 4 aliphatic rings. The highest BCUT2D eigenvalue weighted by molar-refractivity contribution is 5.92. The lowest BCUT2D eigenvalue weighted by molar-refractivity contribution is -0.0137. The van der Waals surface area contributed by atoms with Crippen LogP contribution in [0.4, 0.5) is 4.79 Å². The van der Waals surface area contributed by atoms with E-state index in [2.05, 4.69) is 42.1 Å². The Morgan fingerprint density at radius 2 is 1.71 bits per heavy atom. The maximum absolute atomic E-state index is 12.6. The standard InChI is InChI=1S/C27H35N3O4/c1-16(2)22-6-4-17(3)8-24(22)33-15-21-5-7-23(34-21)25(31)29-30-26(32)28-27-12-18-9-19(13-27)11-20(10-18)14-27/h4-8,16,18-20H,9-15H2,1-3H3,(H,29,31)(H2,28,30,32). The van der Waals surface area contributed by atoms with Gasteiger partial charge in [-0.15, -0.1) is 0 Å². The van der Waals surface area contributed by atoms with Crippen molar-refractivity contribution in [2.24, 2.45) is 17.8 Å². The highest BCUT2D eigenvalue weighted by Crippen LogP contribution is 2.55. The van der Waals surface area contributed by atoms with Crippen LogP contribution in [0.15, 0.2) is 34.7 Å². The molecule has 182 valence electrons. The SMILES string of the molecule is Cc1ccc(C(C)C)c(OCc2ccc(C(=O)NNC(=O)NC34CC5CC(CC(C5)C3)C4)o2)c1. The quantitative estimate of drug-likeness (QED) is 0.511. The molecule has 4 saturated carbocycles. The molecule has 0 radical (unpaired) electrons. The summed E-state index contributed by atoms with van der Waals surface area (Å²) in [7, 11) is 0. The predicted octanol–water partition coefficient (Wildman–Crippen LogP) is 5.20. The van der Waals surface area contributed by atoms with Crippen molar-refractivity contribution in [3.63, 3.8) is 0 Å². The van der Waals surface area contributed by atoms with Crippen LogP contribution in [0.5, 0.6) is 5.75 Å². The first kappa shape index (κ1) is 22.8. The molecule has 6 rings (SSSR count). The molecule has 2 aromatic rings. The number of ether oxygens (including phenoxy) is 1. The van der Waals surface area contributed by atoms with Gasteiger partial charge in [-0.25, -0.2) is 10.2 Å². The van der Waals surface area contributed by atoms with Crippen molar-refractivity contribution >= 4 is 11.9 Å². The first-order chi connectivity index (χ1) is 16.3. The van der Waals surface area contributed by atoms with Gasteiger partial charge in [0.05, 0.1) is 0 Å². The molecule has 1 aromatic heterocycles. The van der Waals surface area contributed by atoms with E-state index in [0.717, 1.165) is 53.9 Å². The van der Waals surface area contributed by atoms with Gasteiger partial charge in [0.15, 0.2) is 5.76 Å². The number of benzene rings is 1. The zero-order valence-electron chi connectivity index (χ0n) is 20.3. The Morgan fingerprint density at radius 1 is 1.03 bits per heavy atom. The average molecular weight is 466 g/mol. The third kappa shape index (κ3) is 4.79. The minimum Gasteiger partial charge on any atom is -0.485 e. The molecular weight excluding hydrogens is 430 g/mol. The smallest absolute Gasteiger partial charge is 0.333 e. The van der Waals surface area contributed by atoms with Crippen molar-refractivity contribution in [3.8, 4) is 5.75 Å². The third-order valence-electron chi connectivity index (χ3n) is 7.75. The zero-order valence-corrected chi connectivity index (χ0v) is 20.3. The van der Waals surface area contributed by atoms with Crippen molar-refractivity contribution in [2.75, 3.05) is 0 Å². The molecule has 7 nitrogen and oxygen atoms in total. The topological polar surface area (TPSA) is 92.6 Å². The van der Waals surface area contributed by atoms with Gasteiger partial charge in [0.25, 0.3) is 0 Å². The summed E-state index contributed by atoms with van der Waals surface area (Å²) >= 11 is 0. The summed E-state index contributed by atoms with van der Waals surface area (Å²) in [5, 5.41) is 3.18. The lowest BCUT2D eigenvalue weighted by atomic mass is 9.53. The summed E-state index contributed by atoms with van der Waals surface area (Å²) in [4.78, 5) is 25.1. The molecule has 7 heteroatoms. The van der Waals surface area contributed by atoms with E-state index in [0.29, 0.717) is 11.7 Å². The number of hydrogen-bond acceptors (Lipinski definition) is 4. The molecule has 0 unspecified atom stereocenters. The lowest BCUT2D eigenvalue weighted by Crippen LogP contribution is -2.62. The minimum absolute atomic E-state index is 0.108. The summed E-state index contributed by atoms with van der Waals surface area (Å²) in [5.74, 6) is 3.54. The summed E-state index contributed by atoms with van der Waals surface area (Å²) in [5.41, 5.74) is 7.12. The van der Waals surface area contributed by atoms with Gasteiger partial charge < -0.3 is 14.5 Å². The number of urea groups is 1. The number of hydrogen-bond donors (Lipinski definition) is 3. The fourth-order valence-corrected chi connectivity index (χ4v) is 6.68. The summed E-state index contributed by atoms with van der Waals surface area (Å²) in [6, 6.07) is 9.12. The van der Waals surface area contributed by atoms with E-state index in [-0.39, 0.29) is 23.9 Å². The Balaban J connectivity index is 1.12. The van der Waals surface area contributed by atoms with E-state index in [1.165, 1.54) is 19.3 Å². The molecule has 3 amide bonds. The number of amides is 3. The van der Waals surface area contributed by atoms with Crippen LogP contribution in [0.3, 0.4) is 0 Å². The van der Waals surface area contributed by atoms with Gasteiger partial charge in [-0.05, 0) is 98.4 Å². The van der Waals surface area contributed by atoms with Crippen LogP contribution >= 0.6 is 0 Å². The van der Waals surface area contributed by atoms with Gasteiger partial charge in [0.2, 0.25) is 0 Å². The number of carbonyl (C=O) groups is 2. The van der Waals surface area contributed by atoms with E-state index in [1.54, 1.807) is 12.1 Å². The molecule has 3 N–H and O–H groups in total.